The fraction of sp³-hybridized carbons (Fsp3) is 0.600. The largest absolute Gasteiger partial charge is 0.380 e. The molecule has 0 aliphatic carbocycles. The summed E-state index contributed by atoms with van der Waals surface area (Å²) in [5.41, 5.74) is 0. The lowest BCUT2D eigenvalue weighted by molar-refractivity contribution is 0.719. The second kappa shape index (κ2) is 2.26. The molecule has 0 fully saturated rings. The first-order chi connectivity index (χ1) is 3.39. The van der Waals surface area contributed by atoms with Crippen molar-refractivity contribution in [2.75, 3.05) is 6.54 Å². The standard InChI is InChI=1S/C5H9NS/c7-5-3-1-2-4-6-5/h3,6-7H,1-2,4H2. The molecule has 0 aromatic rings. The molecule has 0 spiro atoms. The summed E-state index contributed by atoms with van der Waals surface area (Å²) < 4.78 is 0. The van der Waals surface area contributed by atoms with Crippen LogP contribution < -0.4 is 5.32 Å². The van der Waals surface area contributed by atoms with Gasteiger partial charge in [0.05, 0.1) is 5.03 Å². The fourth-order valence-electron chi connectivity index (χ4n) is 0.629. The molecule has 1 rings (SSSR count). The maximum Gasteiger partial charge on any atom is 0.0609 e. The van der Waals surface area contributed by atoms with Gasteiger partial charge >= 0.3 is 0 Å². The van der Waals surface area contributed by atoms with Crippen LogP contribution in [-0.2, 0) is 0 Å². The molecule has 0 saturated carbocycles. The number of thiol groups is 1. The van der Waals surface area contributed by atoms with Crippen LogP contribution in [0.2, 0.25) is 0 Å². The Morgan fingerprint density at radius 1 is 1.71 bits per heavy atom. The average Bonchev–Trinajstić information content (AvgIpc) is 1.69. The molecule has 0 aromatic carbocycles. The second-order valence-corrected chi connectivity index (χ2v) is 2.14. The molecule has 40 valence electrons. The molecule has 1 heterocycles. The lowest BCUT2D eigenvalue weighted by Crippen LogP contribution is -2.14. The molecule has 0 bridgehead atoms. The molecule has 1 nitrogen and oxygen atoms in total. The molecule has 0 saturated heterocycles. The molecule has 0 aromatic heterocycles. The van der Waals surface area contributed by atoms with Crippen LogP contribution in [0.15, 0.2) is 11.1 Å². The van der Waals surface area contributed by atoms with Crippen LogP contribution in [0.25, 0.3) is 0 Å². The van der Waals surface area contributed by atoms with E-state index in [9.17, 15) is 0 Å². The Balaban J connectivity index is 2.40. The van der Waals surface area contributed by atoms with Gasteiger partial charge in [0, 0.05) is 6.54 Å². The lowest BCUT2D eigenvalue weighted by Gasteiger charge is -2.08. The minimum atomic E-state index is 1.03. The molecular weight excluding hydrogens is 106 g/mol. The third kappa shape index (κ3) is 1.43. The molecule has 0 radical (unpaired) electrons. The first-order valence-electron chi connectivity index (χ1n) is 2.52. The van der Waals surface area contributed by atoms with Gasteiger partial charge in [-0.05, 0) is 12.8 Å². The molecule has 0 unspecified atom stereocenters. The van der Waals surface area contributed by atoms with E-state index >= 15 is 0 Å². The van der Waals surface area contributed by atoms with Gasteiger partial charge < -0.3 is 5.32 Å². The van der Waals surface area contributed by atoms with Gasteiger partial charge in [-0.2, -0.15) is 0 Å². The minimum absolute atomic E-state index is 1.03. The lowest BCUT2D eigenvalue weighted by atomic mass is 10.2. The summed E-state index contributed by atoms with van der Waals surface area (Å²) in [5.74, 6) is 0. The highest BCUT2D eigenvalue weighted by molar-refractivity contribution is 7.84. The zero-order valence-corrected chi connectivity index (χ0v) is 5.04. The highest BCUT2D eigenvalue weighted by Gasteiger charge is 1.93. The third-order valence-electron chi connectivity index (χ3n) is 1.02. The van der Waals surface area contributed by atoms with Crippen LogP contribution in [0.1, 0.15) is 12.8 Å². The number of nitrogens with one attached hydrogen (secondary N) is 1. The van der Waals surface area contributed by atoms with Crippen LogP contribution in [0.5, 0.6) is 0 Å². The maximum absolute atomic E-state index is 4.11. The van der Waals surface area contributed by atoms with E-state index in [1.165, 1.54) is 12.8 Å². The zero-order valence-electron chi connectivity index (χ0n) is 4.15. The van der Waals surface area contributed by atoms with Crippen molar-refractivity contribution in [1.29, 1.82) is 0 Å². The van der Waals surface area contributed by atoms with Crippen molar-refractivity contribution in [3.8, 4) is 0 Å². The Labute approximate surface area is 49.2 Å². The Hall–Kier alpha value is -0.110. The Kier molecular flexibility index (Phi) is 1.63. The molecule has 1 N–H and O–H groups in total. The van der Waals surface area contributed by atoms with E-state index in [1.807, 2.05) is 0 Å². The van der Waals surface area contributed by atoms with Crippen molar-refractivity contribution in [3.05, 3.63) is 11.1 Å². The van der Waals surface area contributed by atoms with E-state index in [4.69, 9.17) is 0 Å². The Bertz CT molecular complexity index is 88.1. The summed E-state index contributed by atoms with van der Waals surface area (Å²) in [6.45, 7) is 1.09. The van der Waals surface area contributed by atoms with Crippen LogP contribution >= 0.6 is 12.6 Å². The predicted octanol–water partition coefficient (Wildman–Crippen LogP) is 1.14. The number of hydrogen-bond acceptors (Lipinski definition) is 2. The second-order valence-electron chi connectivity index (χ2n) is 1.66. The minimum Gasteiger partial charge on any atom is -0.380 e. The van der Waals surface area contributed by atoms with Gasteiger partial charge in [0.1, 0.15) is 0 Å². The van der Waals surface area contributed by atoms with Crippen molar-refractivity contribution in [3.63, 3.8) is 0 Å². The molecule has 2 heteroatoms. The van der Waals surface area contributed by atoms with Crippen molar-refractivity contribution in [2.45, 2.75) is 12.8 Å². The predicted molar refractivity (Wildman–Crippen MR) is 34.3 cm³/mol. The molecule has 1 aliphatic heterocycles. The summed E-state index contributed by atoms with van der Waals surface area (Å²) in [5, 5.41) is 4.14. The fourth-order valence-corrected chi connectivity index (χ4v) is 0.870. The summed E-state index contributed by atoms with van der Waals surface area (Å²) >= 11 is 4.11. The normalized spacial score (nSPS) is 20.4. The van der Waals surface area contributed by atoms with Crippen LogP contribution in [0, 0.1) is 0 Å². The first-order valence-corrected chi connectivity index (χ1v) is 2.97. The summed E-state index contributed by atoms with van der Waals surface area (Å²) in [6, 6.07) is 0. The van der Waals surface area contributed by atoms with Gasteiger partial charge in [-0.25, -0.2) is 0 Å². The van der Waals surface area contributed by atoms with Crippen molar-refractivity contribution >= 4 is 12.6 Å². The van der Waals surface area contributed by atoms with Crippen LogP contribution in [0.3, 0.4) is 0 Å². The van der Waals surface area contributed by atoms with Gasteiger partial charge in [0.15, 0.2) is 0 Å². The summed E-state index contributed by atoms with van der Waals surface area (Å²) in [6.07, 6.45) is 4.54. The van der Waals surface area contributed by atoms with E-state index < -0.39 is 0 Å². The maximum atomic E-state index is 4.11. The monoisotopic (exact) mass is 115 g/mol. The van der Waals surface area contributed by atoms with Gasteiger partial charge in [0.2, 0.25) is 0 Å². The van der Waals surface area contributed by atoms with Gasteiger partial charge in [0.25, 0.3) is 0 Å². The smallest absolute Gasteiger partial charge is 0.0609 e. The summed E-state index contributed by atoms with van der Waals surface area (Å²) in [7, 11) is 0. The van der Waals surface area contributed by atoms with E-state index in [-0.39, 0.29) is 0 Å². The van der Waals surface area contributed by atoms with Crippen molar-refractivity contribution < 1.29 is 0 Å². The molecule has 1 aliphatic rings. The molecule has 0 atom stereocenters. The van der Waals surface area contributed by atoms with Crippen LogP contribution in [0.4, 0.5) is 0 Å². The SMILES string of the molecule is SC1=CCCCN1. The topological polar surface area (TPSA) is 12.0 Å². The van der Waals surface area contributed by atoms with Crippen molar-refractivity contribution in [1.82, 2.24) is 5.32 Å². The molecule has 0 amide bonds. The third-order valence-corrected chi connectivity index (χ3v) is 1.37. The van der Waals surface area contributed by atoms with Gasteiger partial charge in [-0.1, -0.05) is 6.08 Å². The number of allylic oxidation sites excluding steroid dienone is 1. The van der Waals surface area contributed by atoms with E-state index in [1.54, 1.807) is 0 Å². The van der Waals surface area contributed by atoms with Gasteiger partial charge in [-0.15, -0.1) is 12.6 Å². The zero-order chi connectivity index (χ0) is 5.11. The van der Waals surface area contributed by atoms with Crippen LogP contribution in [-0.4, -0.2) is 6.54 Å². The summed E-state index contributed by atoms with van der Waals surface area (Å²) in [4.78, 5) is 0. The van der Waals surface area contributed by atoms with E-state index in [2.05, 4.69) is 24.0 Å². The highest BCUT2D eigenvalue weighted by Crippen LogP contribution is 2.04. The molecule has 7 heavy (non-hydrogen) atoms. The number of hydrogen-bond donors (Lipinski definition) is 2. The molecular formula is C5H9NS. The first kappa shape index (κ1) is 5.04. The quantitative estimate of drug-likeness (QED) is 0.451. The highest BCUT2D eigenvalue weighted by atomic mass is 32.1. The average molecular weight is 115 g/mol. The van der Waals surface area contributed by atoms with Gasteiger partial charge in [-0.3, -0.25) is 0 Å². The number of rotatable bonds is 0. The van der Waals surface area contributed by atoms with Crippen molar-refractivity contribution in [2.24, 2.45) is 0 Å². The van der Waals surface area contributed by atoms with E-state index in [0.29, 0.717) is 0 Å². The Morgan fingerprint density at radius 2 is 2.57 bits per heavy atom. The van der Waals surface area contributed by atoms with E-state index in [0.717, 1.165) is 11.6 Å². The Morgan fingerprint density at radius 3 is 2.86 bits per heavy atom.